The van der Waals surface area contributed by atoms with Gasteiger partial charge in [0.05, 0.1) is 19.6 Å². The standard InChI is InChI=1S/C13H15NO4/c1-17-13(16)11-7-12(15)14(8-11)18-9-10-5-3-2-4-6-10/h2-6,11H,7-9H2,1H3/t11-/m0/s1. The fourth-order valence-electron chi connectivity index (χ4n) is 1.86. The molecule has 0 radical (unpaired) electrons. The van der Waals surface area contributed by atoms with Gasteiger partial charge in [-0.15, -0.1) is 0 Å². The Morgan fingerprint density at radius 3 is 2.78 bits per heavy atom. The average molecular weight is 249 g/mol. The van der Waals surface area contributed by atoms with Crippen LogP contribution in [0.5, 0.6) is 0 Å². The van der Waals surface area contributed by atoms with Gasteiger partial charge in [0.15, 0.2) is 0 Å². The van der Waals surface area contributed by atoms with E-state index in [0.717, 1.165) is 5.56 Å². The summed E-state index contributed by atoms with van der Waals surface area (Å²) in [6.07, 6.45) is 0.154. The number of hydroxylamine groups is 2. The Morgan fingerprint density at radius 1 is 1.39 bits per heavy atom. The number of hydrogen-bond acceptors (Lipinski definition) is 4. The molecule has 1 fully saturated rings. The van der Waals surface area contributed by atoms with Crippen molar-refractivity contribution in [1.82, 2.24) is 5.06 Å². The Kier molecular flexibility index (Phi) is 3.94. The van der Waals surface area contributed by atoms with Gasteiger partial charge < -0.3 is 4.74 Å². The maximum Gasteiger partial charge on any atom is 0.311 e. The highest BCUT2D eigenvalue weighted by atomic mass is 16.7. The molecule has 0 aliphatic carbocycles. The molecular weight excluding hydrogens is 234 g/mol. The molecule has 5 nitrogen and oxygen atoms in total. The number of benzene rings is 1. The van der Waals surface area contributed by atoms with Crippen LogP contribution >= 0.6 is 0 Å². The van der Waals surface area contributed by atoms with E-state index in [1.807, 2.05) is 30.3 Å². The zero-order valence-electron chi connectivity index (χ0n) is 10.2. The maximum absolute atomic E-state index is 11.6. The van der Waals surface area contributed by atoms with Crippen LogP contribution in [0.15, 0.2) is 30.3 Å². The lowest BCUT2D eigenvalue weighted by molar-refractivity contribution is -0.183. The molecule has 1 aliphatic heterocycles. The second-order valence-corrected chi connectivity index (χ2v) is 4.14. The van der Waals surface area contributed by atoms with Crippen molar-refractivity contribution in [3.05, 3.63) is 35.9 Å². The van der Waals surface area contributed by atoms with Gasteiger partial charge in [-0.3, -0.25) is 14.4 Å². The molecular formula is C13H15NO4. The third-order valence-electron chi connectivity index (χ3n) is 2.85. The first kappa shape index (κ1) is 12.6. The van der Waals surface area contributed by atoms with E-state index in [1.54, 1.807) is 0 Å². The van der Waals surface area contributed by atoms with E-state index in [2.05, 4.69) is 4.74 Å². The van der Waals surface area contributed by atoms with E-state index in [9.17, 15) is 9.59 Å². The van der Waals surface area contributed by atoms with Gasteiger partial charge in [0, 0.05) is 6.42 Å². The molecule has 1 aliphatic rings. The van der Waals surface area contributed by atoms with Crippen LogP contribution in [-0.2, 0) is 25.8 Å². The van der Waals surface area contributed by atoms with Crippen LogP contribution in [0.25, 0.3) is 0 Å². The van der Waals surface area contributed by atoms with Gasteiger partial charge in [-0.05, 0) is 5.56 Å². The number of methoxy groups -OCH3 is 1. The molecule has 0 unspecified atom stereocenters. The van der Waals surface area contributed by atoms with Crippen molar-refractivity contribution in [1.29, 1.82) is 0 Å². The number of hydrogen-bond donors (Lipinski definition) is 0. The van der Waals surface area contributed by atoms with E-state index >= 15 is 0 Å². The number of esters is 1. The minimum absolute atomic E-state index is 0.154. The Hall–Kier alpha value is -1.88. The first-order valence-corrected chi connectivity index (χ1v) is 5.75. The summed E-state index contributed by atoms with van der Waals surface area (Å²) < 4.78 is 4.62. The van der Waals surface area contributed by atoms with E-state index in [1.165, 1.54) is 12.2 Å². The molecule has 0 spiro atoms. The Bertz CT molecular complexity index is 432. The number of carbonyl (C=O) groups is 2. The summed E-state index contributed by atoms with van der Waals surface area (Å²) in [5.74, 6) is -0.964. The Balaban J connectivity index is 1.87. The summed E-state index contributed by atoms with van der Waals surface area (Å²) in [4.78, 5) is 28.3. The molecule has 0 N–H and O–H groups in total. The predicted octanol–water partition coefficient (Wildman–Crippen LogP) is 1.14. The number of rotatable bonds is 4. The highest BCUT2D eigenvalue weighted by molar-refractivity contribution is 5.86. The third kappa shape index (κ3) is 2.87. The number of nitrogens with zero attached hydrogens (tertiary/aromatic N) is 1. The largest absolute Gasteiger partial charge is 0.469 e. The van der Waals surface area contributed by atoms with Crippen molar-refractivity contribution in [3.63, 3.8) is 0 Å². The molecule has 96 valence electrons. The van der Waals surface area contributed by atoms with E-state index in [0.29, 0.717) is 6.61 Å². The van der Waals surface area contributed by atoms with Crippen LogP contribution in [0.2, 0.25) is 0 Å². The molecule has 18 heavy (non-hydrogen) atoms. The van der Waals surface area contributed by atoms with E-state index in [-0.39, 0.29) is 24.8 Å². The van der Waals surface area contributed by atoms with Gasteiger partial charge in [0.1, 0.15) is 6.61 Å². The molecule has 2 rings (SSSR count). The number of carbonyl (C=O) groups excluding carboxylic acids is 2. The van der Waals surface area contributed by atoms with Crippen molar-refractivity contribution in [3.8, 4) is 0 Å². The van der Waals surface area contributed by atoms with Crippen LogP contribution in [0.4, 0.5) is 0 Å². The average Bonchev–Trinajstić information content (AvgIpc) is 2.78. The number of ether oxygens (including phenoxy) is 1. The molecule has 1 saturated heterocycles. The molecule has 0 saturated carbocycles. The minimum atomic E-state index is -0.418. The third-order valence-corrected chi connectivity index (χ3v) is 2.85. The summed E-state index contributed by atoms with van der Waals surface area (Å²) >= 11 is 0. The molecule has 1 atom stereocenters. The van der Waals surface area contributed by atoms with Crippen molar-refractivity contribution in [2.24, 2.45) is 5.92 Å². The van der Waals surface area contributed by atoms with Crippen LogP contribution in [0.1, 0.15) is 12.0 Å². The van der Waals surface area contributed by atoms with E-state index < -0.39 is 5.92 Å². The summed E-state index contributed by atoms with van der Waals surface area (Å²) in [6, 6.07) is 9.55. The fourth-order valence-corrected chi connectivity index (χ4v) is 1.86. The second kappa shape index (κ2) is 5.64. The first-order valence-electron chi connectivity index (χ1n) is 5.75. The number of amides is 1. The molecule has 1 heterocycles. The molecule has 0 bridgehead atoms. The highest BCUT2D eigenvalue weighted by Gasteiger charge is 2.35. The van der Waals surface area contributed by atoms with Crippen LogP contribution in [0.3, 0.4) is 0 Å². The lowest BCUT2D eigenvalue weighted by Gasteiger charge is -2.15. The second-order valence-electron chi connectivity index (χ2n) is 4.14. The Morgan fingerprint density at radius 2 is 2.11 bits per heavy atom. The van der Waals surface area contributed by atoms with E-state index in [4.69, 9.17) is 4.84 Å². The van der Waals surface area contributed by atoms with Gasteiger partial charge in [0.25, 0.3) is 0 Å². The van der Waals surface area contributed by atoms with Gasteiger partial charge in [-0.1, -0.05) is 30.3 Å². The molecule has 1 amide bonds. The smallest absolute Gasteiger partial charge is 0.311 e. The maximum atomic E-state index is 11.6. The lowest BCUT2D eigenvalue weighted by Crippen LogP contribution is -2.26. The molecule has 5 heteroatoms. The first-order chi connectivity index (χ1) is 8.70. The fraction of sp³-hybridized carbons (Fsp3) is 0.385. The van der Waals surface area contributed by atoms with Crippen LogP contribution < -0.4 is 0 Å². The normalized spacial score (nSPS) is 19.1. The SMILES string of the molecule is COC(=O)[C@H]1CC(=O)N(OCc2ccccc2)C1. The Labute approximate surface area is 105 Å². The monoisotopic (exact) mass is 249 g/mol. The van der Waals surface area contributed by atoms with Crippen molar-refractivity contribution >= 4 is 11.9 Å². The van der Waals surface area contributed by atoms with Crippen LogP contribution in [0, 0.1) is 5.92 Å². The summed E-state index contributed by atoms with van der Waals surface area (Å²) in [5.41, 5.74) is 0.979. The van der Waals surface area contributed by atoms with Crippen LogP contribution in [-0.4, -0.2) is 30.6 Å². The van der Waals surface area contributed by atoms with Crippen molar-refractivity contribution < 1.29 is 19.2 Å². The van der Waals surface area contributed by atoms with Gasteiger partial charge in [-0.25, -0.2) is 5.06 Å². The quantitative estimate of drug-likeness (QED) is 0.751. The molecule has 0 aromatic heterocycles. The zero-order valence-corrected chi connectivity index (χ0v) is 10.2. The topological polar surface area (TPSA) is 55.8 Å². The van der Waals surface area contributed by atoms with Gasteiger partial charge in [-0.2, -0.15) is 0 Å². The zero-order chi connectivity index (χ0) is 13.0. The van der Waals surface area contributed by atoms with Crippen molar-refractivity contribution in [2.75, 3.05) is 13.7 Å². The minimum Gasteiger partial charge on any atom is -0.469 e. The summed E-state index contributed by atoms with van der Waals surface area (Å²) in [7, 11) is 1.32. The molecule has 1 aromatic carbocycles. The van der Waals surface area contributed by atoms with Crippen molar-refractivity contribution in [2.45, 2.75) is 13.0 Å². The lowest BCUT2D eigenvalue weighted by atomic mass is 10.1. The van der Waals surface area contributed by atoms with Gasteiger partial charge >= 0.3 is 5.97 Å². The highest BCUT2D eigenvalue weighted by Crippen LogP contribution is 2.20. The van der Waals surface area contributed by atoms with Gasteiger partial charge in [0.2, 0.25) is 5.91 Å². The molecule has 1 aromatic rings. The summed E-state index contributed by atoms with van der Waals surface area (Å²) in [6.45, 7) is 0.582. The summed E-state index contributed by atoms with van der Waals surface area (Å²) in [5, 5.41) is 1.24. The predicted molar refractivity (Wildman–Crippen MR) is 63.1 cm³/mol.